The first-order valence-corrected chi connectivity index (χ1v) is 11.1. The Morgan fingerprint density at radius 2 is 1.69 bits per heavy atom. The maximum atomic E-state index is 12.8. The fourth-order valence-corrected chi connectivity index (χ4v) is 3.53. The molecule has 1 amide bonds. The molecule has 0 aliphatic rings. The lowest BCUT2D eigenvalue weighted by Crippen LogP contribution is -2.43. The fourth-order valence-electron chi connectivity index (χ4n) is 3.53. The van der Waals surface area contributed by atoms with Crippen molar-refractivity contribution in [2.45, 2.75) is 60.4 Å². The van der Waals surface area contributed by atoms with Crippen LogP contribution in [-0.2, 0) is 16.8 Å². The summed E-state index contributed by atoms with van der Waals surface area (Å²) in [4.78, 5) is 41.8. The Kier molecular flexibility index (Phi) is 7.93. The summed E-state index contributed by atoms with van der Waals surface area (Å²) in [6, 6.07) is 7.72. The van der Waals surface area contributed by atoms with Gasteiger partial charge in [-0.25, -0.2) is 4.79 Å². The molecule has 0 aliphatic carbocycles. The first-order chi connectivity index (χ1) is 14.8. The molecule has 1 heterocycles. The lowest BCUT2D eigenvalue weighted by atomic mass is 9.87. The molecule has 2 rings (SSSR count). The van der Waals surface area contributed by atoms with Crippen LogP contribution >= 0.6 is 0 Å². The maximum Gasteiger partial charge on any atom is 0.330 e. The highest BCUT2D eigenvalue weighted by atomic mass is 16.2. The van der Waals surface area contributed by atoms with Crippen molar-refractivity contribution in [1.82, 2.24) is 9.55 Å². The standard InChI is InChI=1S/C24H37N5O3/c1-15(2)12-28(20-21(25)29(13-16(3)4)23(32)27-22(20)31)14-19(30)26-18-10-8-17(9-11-18)24(5,6)7/h8-11,15-16H,12-14,25H2,1-7H3,(H,26,30)(H,27,31,32). The normalized spacial score (nSPS) is 11.8. The van der Waals surface area contributed by atoms with Crippen LogP contribution in [0.25, 0.3) is 0 Å². The molecule has 0 fully saturated rings. The average Bonchev–Trinajstić information content (AvgIpc) is 2.63. The highest BCUT2D eigenvalue weighted by Crippen LogP contribution is 2.24. The van der Waals surface area contributed by atoms with E-state index in [0.29, 0.717) is 18.8 Å². The second kappa shape index (κ2) is 10.1. The number of nitrogens with two attached hydrogens (primary N) is 1. The lowest BCUT2D eigenvalue weighted by molar-refractivity contribution is -0.115. The van der Waals surface area contributed by atoms with Gasteiger partial charge in [-0.05, 0) is 34.9 Å². The second-order valence-electron chi connectivity index (χ2n) is 10.1. The molecule has 8 nitrogen and oxygen atoms in total. The van der Waals surface area contributed by atoms with Crippen molar-refractivity contribution in [3.8, 4) is 0 Å². The Morgan fingerprint density at radius 1 is 1.09 bits per heavy atom. The number of nitrogens with zero attached hydrogens (tertiary/aromatic N) is 2. The molecule has 0 saturated carbocycles. The summed E-state index contributed by atoms with van der Waals surface area (Å²) in [5, 5.41) is 2.89. The molecule has 4 N–H and O–H groups in total. The van der Waals surface area contributed by atoms with Crippen LogP contribution in [-0.4, -0.2) is 28.5 Å². The number of nitrogen functional groups attached to an aromatic ring is 1. The third-order valence-corrected chi connectivity index (χ3v) is 5.03. The van der Waals surface area contributed by atoms with E-state index in [9.17, 15) is 14.4 Å². The molecule has 0 atom stereocenters. The molecular weight excluding hydrogens is 406 g/mol. The Labute approximate surface area is 189 Å². The van der Waals surface area contributed by atoms with Crippen LogP contribution in [0.4, 0.5) is 17.2 Å². The highest BCUT2D eigenvalue weighted by molar-refractivity contribution is 5.94. The minimum absolute atomic E-state index is 0.0221. The number of carbonyl (C=O) groups is 1. The van der Waals surface area contributed by atoms with Crippen LogP contribution < -0.4 is 27.2 Å². The van der Waals surface area contributed by atoms with Crippen molar-refractivity contribution in [1.29, 1.82) is 0 Å². The molecule has 1 aromatic carbocycles. The van der Waals surface area contributed by atoms with Gasteiger partial charge in [0, 0.05) is 18.8 Å². The molecule has 1 aromatic heterocycles. The van der Waals surface area contributed by atoms with Gasteiger partial charge >= 0.3 is 5.69 Å². The third-order valence-electron chi connectivity index (χ3n) is 5.03. The molecule has 0 radical (unpaired) electrons. The van der Waals surface area contributed by atoms with Crippen molar-refractivity contribution in [3.05, 3.63) is 50.7 Å². The number of rotatable bonds is 8. The van der Waals surface area contributed by atoms with Gasteiger partial charge in [0.2, 0.25) is 5.91 Å². The van der Waals surface area contributed by atoms with Gasteiger partial charge in [-0.2, -0.15) is 0 Å². The monoisotopic (exact) mass is 443 g/mol. The van der Waals surface area contributed by atoms with Gasteiger partial charge in [0.25, 0.3) is 5.56 Å². The first-order valence-electron chi connectivity index (χ1n) is 11.1. The summed E-state index contributed by atoms with van der Waals surface area (Å²) in [5.41, 5.74) is 7.16. The lowest BCUT2D eigenvalue weighted by Gasteiger charge is -2.27. The van der Waals surface area contributed by atoms with E-state index < -0.39 is 11.2 Å². The SMILES string of the molecule is CC(C)CN(CC(=O)Nc1ccc(C(C)(C)C)cc1)c1c(N)n(CC(C)C)c(=O)[nH]c1=O. The number of nitrogens with one attached hydrogen (secondary N) is 2. The number of H-pyrrole nitrogens is 1. The number of aromatic nitrogens is 2. The number of amides is 1. The Hall–Kier alpha value is -3.03. The average molecular weight is 444 g/mol. The summed E-state index contributed by atoms with van der Waals surface area (Å²) in [7, 11) is 0. The molecule has 0 bridgehead atoms. The molecule has 176 valence electrons. The molecule has 2 aromatic rings. The largest absolute Gasteiger partial charge is 0.383 e. The summed E-state index contributed by atoms with van der Waals surface area (Å²) < 4.78 is 1.36. The van der Waals surface area contributed by atoms with E-state index in [1.165, 1.54) is 10.1 Å². The molecular formula is C24H37N5O3. The van der Waals surface area contributed by atoms with E-state index in [4.69, 9.17) is 5.73 Å². The molecule has 0 saturated heterocycles. The number of aromatic amines is 1. The second-order valence-corrected chi connectivity index (χ2v) is 10.1. The Bertz CT molecular complexity index is 1040. The number of benzene rings is 1. The zero-order valence-electron chi connectivity index (χ0n) is 20.3. The predicted octanol–water partition coefficient (Wildman–Crippen LogP) is 3.17. The topological polar surface area (TPSA) is 113 Å². The van der Waals surface area contributed by atoms with Crippen molar-refractivity contribution >= 4 is 23.1 Å². The minimum atomic E-state index is -0.588. The number of anilines is 3. The van der Waals surface area contributed by atoms with Gasteiger partial charge in [0.15, 0.2) is 0 Å². The van der Waals surface area contributed by atoms with Crippen molar-refractivity contribution in [2.75, 3.05) is 29.0 Å². The van der Waals surface area contributed by atoms with E-state index in [1.807, 2.05) is 52.0 Å². The van der Waals surface area contributed by atoms with Gasteiger partial charge in [-0.3, -0.25) is 19.1 Å². The van der Waals surface area contributed by atoms with Crippen LogP contribution in [0.5, 0.6) is 0 Å². The maximum absolute atomic E-state index is 12.8. The van der Waals surface area contributed by atoms with Crippen molar-refractivity contribution in [2.24, 2.45) is 11.8 Å². The molecule has 8 heteroatoms. The van der Waals surface area contributed by atoms with Gasteiger partial charge in [0.1, 0.15) is 11.5 Å². The summed E-state index contributed by atoms with van der Waals surface area (Å²) in [5.74, 6) is 0.134. The zero-order chi connectivity index (χ0) is 24.2. The zero-order valence-corrected chi connectivity index (χ0v) is 20.3. The van der Waals surface area contributed by atoms with Crippen molar-refractivity contribution < 1.29 is 4.79 Å². The fraction of sp³-hybridized carbons (Fsp3) is 0.542. The molecule has 32 heavy (non-hydrogen) atoms. The van der Waals surface area contributed by atoms with Crippen LogP contribution in [0.2, 0.25) is 0 Å². The third kappa shape index (κ3) is 6.48. The quantitative estimate of drug-likeness (QED) is 0.580. The Morgan fingerprint density at radius 3 is 2.19 bits per heavy atom. The molecule has 0 aliphatic heterocycles. The van der Waals surface area contributed by atoms with Crippen LogP contribution in [0.15, 0.2) is 33.9 Å². The van der Waals surface area contributed by atoms with E-state index in [0.717, 1.165) is 0 Å². The van der Waals surface area contributed by atoms with E-state index in [-0.39, 0.29) is 41.2 Å². The van der Waals surface area contributed by atoms with Crippen LogP contribution in [0.3, 0.4) is 0 Å². The van der Waals surface area contributed by atoms with E-state index in [1.54, 1.807) is 4.90 Å². The molecule has 0 unspecified atom stereocenters. The summed E-state index contributed by atoms with van der Waals surface area (Å²) >= 11 is 0. The number of carbonyl (C=O) groups excluding carboxylic acids is 1. The van der Waals surface area contributed by atoms with Gasteiger partial charge in [0.05, 0.1) is 6.54 Å². The van der Waals surface area contributed by atoms with E-state index in [2.05, 4.69) is 31.1 Å². The number of hydrogen-bond donors (Lipinski definition) is 3. The first kappa shape index (κ1) is 25.2. The smallest absolute Gasteiger partial charge is 0.330 e. The van der Waals surface area contributed by atoms with Crippen molar-refractivity contribution in [3.63, 3.8) is 0 Å². The Balaban J connectivity index is 2.32. The highest BCUT2D eigenvalue weighted by Gasteiger charge is 2.22. The van der Waals surface area contributed by atoms with Crippen LogP contribution in [0, 0.1) is 11.8 Å². The van der Waals surface area contributed by atoms with Gasteiger partial charge < -0.3 is 16.0 Å². The van der Waals surface area contributed by atoms with E-state index >= 15 is 0 Å². The minimum Gasteiger partial charge on any atom is -0.383 e. The summed E-state index contributed by atoms with van der Waals surface area (Å²) in [6.07, 6.45) is 0. The molecule has 0 spiro atoms. The van der Waals surface area contributed by atoms with Crippen LogP contribution in [0.1, 0.15) is 54.0 Å². The van der Waals surface area contributed by atoms with Gasteiger partial charge in [-0.1, -0.05) is 60.6 Å². The summed E-state index contributed by atoms with van der Waals surface area (Å²) in [6.45, 7) is 15.0. The predicted molar refractivity (Wildman–Crippen MR) is 131 cm³/mol. The van der Waals surface area contributed by atoms with Gasteiger partial charge in [-0.15, -0.1) is 0 Å². The number of hydrogen-bond acceptors (Lipinski definition) is 5.